The summed E-state index contributed by atoms with van der Waals surface area (Å²) in [6.07, 6.45) is 1.62. The van der Waals surface area contributed by atoms with Gasteiger partial charge in [-0.1, -0.05) is 37.4 Å². The molecular weight excluding hydrogens is 370 g/mol. The summed E-state index contributed by atoms with van der Waals surface area (Å²) in [5.41, 5.74) is 0. The molecule has 20 heavy (non-hydrogen) atoms. The molecule has 0 spiro atoms. The molecule has 0 aromatic heterocycles. The summed E-state index contributed by atoms with van der Waals surface area (Å²) in [7, 11) is -4.01. The van der Waals surface area contributed by atoms with Crippen LogP contribution >= 0.6 is 27.5 Å². The fraction of sp³-hybridized carbons (Fsp3) is 0.417. The molecule has 0 heterocycles. The number of sulfonamides is 1. The van der Waals surface area contributed by atoms with Gasteiger partial charge in [0.1, 0.15) is 10.9 Å². The Kier molecular flexibility index (Phi) is 6.44. The highest BCUT2D eigenvalue weighted by Gasteiger charge is 2.28. The maximum absolute atomic E-state index is 12.3. The second-order valence-corrected chi connectivity index (χ2v) is 7.12. The molecule has 0 fully saturated rings. The smallest absolute Gasteiger partial charge is 0.321 e. The fourth-order valence-electron chi connectivity index (χ4n) is 1.63. The van der Waals surface area contributed by atoms with Gasteiger partial charge in [0, 0.05) is 4.47 Å². The summed E-state index contributed by atoms with van der Waals surface area (Å²) in [5, 5.41) is 9.11. The zero-order valence-corrected chi connectivity index (χ0v) is 13.9. The first-order chi connectivity index (χ1) is 9.29. The van der Waals surface area contributed by atoms with Crippen molar-refractivity contribution in [3.8, 4) is 0 Å². The first-order valence-electron chi connectivity index (χ1n) is 5.98. The van der Waals surface area contributed by atoms with Crippen molar-refractivity contribution in [2.45, 2.75) is 37.1 Å². The molecule has 112 valence electrons. The standard InChI is InChI=1S/C12H15BrClNO4S/c1-2-3-7-10(12(16)17)15-20(18,19)11-8(13)5-4-6-9(11)14/h4-6,10,15H,2-3,7H2,1H3,(H,16,17)/t10-/m0/s1. The number of carboxylic acid groups (broad SMARTS) is 1. The van der Waals surface area contributed by atoms with Crippen LogP contribution in [0.3, 0.4) is 0 Å². The first-order valence-corrected chi connectivity index (χ1v) is 8.64. The van der Waals surface area contributed by atoms with Crippen LogP contribution < -0.4 is 4.72 Å². The Balaban J connectivity index is 3.07. The van der Waals surface area contributed by atoms with E-state index in [1.165, 1.54) is 12.1 Å². The zero-order chi connectivity index (χ0) is 15.3. The van der Waals surface area contributed by atoms with Crippen LogP contribution in [0, 0.1) is 0 Å². The molecule has 0 bridgehead atoms. The molecule has 0 unspecified atom stereocenters. The van der Waals surface area contributed by atoms with Crippen LogP contribution in [0.25, 0.3) is 0 Å². The van der Waals surface area contributed by atoms with E-state index in [-0.39, 0.29) is 20.8 Å². The van der Waals surface area contributed by atoms with Gasteiger partial charge in [0.05, 0.1) is 5.02 Å². The number of carbonyl (C=O) groups is 1. The van der Waals surface area contributed by atoms with E-state index < -0.39 is 22.0 Å². The topological polar surface area (TPSA) is 83.5 Å². The highest BCUT2D eigenvalue weighted by molar-refractivity contribution is 9.10. The van der Waals surface area contributed by atoms with Crippen LogP contribution in [0.15, 0.2) is 27.6 Å². The quantitative estimate of drug-likeness (QED) is 0.757. The predicted octanol–water partition coefficient (Wildman–Crippen LogP) is 3.02. The average Bonchev–Trinajstić information content (AvgIpc) is 2.33. The third-order valence-electron chi connectivity index (χ3n) is 2.63. The average molecular weight is 385 g/mol. The molecule has 0 aliphatic rings. The number of aliphatic carboxylic acids is 1. The molecule has 1 aromatic carbocycles. The number of nitrogens with one attached hydrogen (secondary N) is 1. The van der Waals surface area contributed by atoms with Crippen molar-refractivity contribution in [1.29, 1.82) is 0 Å². The Morgan fingerprint density at radius 2 is 2.15 bits per heavy atom. The SMILES string of the molecule is CCCC[C@H](NS(=O)(=O)c1c(Cl)cccc1Br)C(=O)O. The third-order valence-corrected chi connectivity index (χ3v) is 5.55. The highest BCUT2D eigenvalue weighted by Crippen LogP contribution is 2.29. The molecule has 1 rings (SSSR count). The van der Waals surface area contributed by atoms with Crippen LogP contribution in [0.4, 0.5) is 0 Å². The molecule has 2 N–H and O–H groups in total. The minimum atomic E-state index is -4.01. The summed E-state index contributed by atoms with van der Waals surface area (Å²) >= 11 is 9.00. The van der Waals surface area contributed by atoms with Crippen molar-refractivity contribution in [3.63, 3.8) is 0 Å². The van der Waals surface area contributed by atoms with E-state index in [0.29, 0.717) is 6.42 Å². The highest BCUT2D eigenvalue weighted by atomic mass is 79.9. The number of carboxylic acids is 1. The largest absolute Gasteiger partial charge is 0.480 e. The van der Waals surface area contributed by atoms with Crippen molar-refractivity contribution >= 4 is 43.5 Å². The number of hydrogen-bond donors (Lipinski definition) is 2. The molecule has 0 aliphatic heterocycles. The van der Waals surface area contributed by atoms with Crippen LogP contribution in [-0.2, 0) is 14.8 Å². The number of unbranched alkanes of at least 4 members (excludes halogenated alkanes) is 1. The van der Waals surface area contributed by atoms with Crippen molar-refractivity contribution in [1.82, 2.24) is 4.72 Å². The Morgan fingerprint density at radius 1 is 1.50 bits per heavy atom. The van der Waals surface area contributed by atoms with Gasteiger partial charge in [-0.15, -0.1) is 0 Å². The summed E-state index contributed by atoms with van der Waals surface area (Å²) in [6.45, 7) is 1.90. The summed E-state index contributed by atoms with van der Waals surface area (Å²) < 4.78 is 27.0. The van der Waals surface area contributed by atoms with Gasteiger partial charge in [0.15, 0.2) is 0 Å². The van der Waals surface area contributed by atoms with Crippen molar-refractivity contribution in [2.24, 2.45) is 0 Å². The Morgan fingerprint density at radius 3 is 2.65 bits per heavy atom. The van der Waals surface area contributed by atoms with E-state index in [2.05, 4.69) is 20.7 Å². The van der Waals surface area contributed by atoms with Gasteiger partial charge in [-0.2, -0.15) is 4.72 Å². The molecule has 1 atom stereocenters. The molecule has 5 nitrogen and oxygen atoms in total. The van der Waals surface area contributed by atoms with Gasteiger partial charge >= 0.3 is 5.97 Å². The molecule has 8 heteroatoms. The first kappa shape index (κ1) is 17.4. The molecule has 1 aromatic rings. The molecule has 0 radical (unpaired) electrons. The van der Waals surface area contributed by atoms with E-state index in [0.717, 1.165) is 6.42 Å². The third kappa shape index (κ3) is 4.44. The van der Waals surface area contributed by atoms with E-state index in [1.807, 2.05) is 6.92 Å². The Bertz CT molecular complexity index is 571. The van der Waals surface area contributed by atoms with E-state index in [1.54, 1.807) is 6.07 Å². The maximum Gasteiger partial charge on any atom is 0.321 e. The number of halogens is 2. The molecule has 0 aliphatic carbocycles. The molecule has 0 amide bonds. The second-order valence-electron chi connectivity index (χ2n) is 4.21. The monoisotopic (exact) mass is 383 g/mol. The zero-order valence-electron chi connectivity index (χ0n) is 10.8. The van der Waals surface area contributed by atoms with Crippen molar-refractivity contribution in [3.05, 3.63) is 27.7 Å². The minimum Gasteiger partial charge on any atom is -0.480 e. The van der Waals surface area contributed by atoms with E-state index >= 15 is 0 Å². The Hall–Kier alpha value is -0.630. The lowest BCUT2D eigenvalue weighted by atomic mass is 10.1. The predicted molar refractivity (Wildman–Crippen MR) is 80.4 cm³/mol. The molecule has 0 saturated carbocycles. The van der Waals surface area contributed by atoms with Gasteiger partial charge in [-0.05, 0) is 34.5 Å². The second kappa shape index (κ2) is 7.40. The number of benzene rings is 1. The van der Waals surface area contributed by atoms with Crippen LogP contribution in [0.5, 0.6) is 0 Å². The van der Waals surface area contributed by atoms with Gasteiger partial charge < -0.3 is 5.11 Å². The maximum atomic E-state index is 12.3. The van der Waals surface area contributed by atoms with Gasteiger partial charge in [-0.25, -0.2) is 8.42 Å². The lowest BCUT2D eigenvalue weighted by Crippen LogP contribution is -2.40. The lowest BCUT2D eigenvalue weighted by Gasteiger charge is -2.16. The van der Waals surface area contributed by atoms with Gasteiger partial charge in [0.2, 0.25) is 10.0 Å². The van der Waals surface area contributed by atoms with E-state index in [9.17, 15) is 13.2 Å². The van der Waals surface area contributed by atoms with Crippen LogP contribution in [0.1, 0.15) is 26.2 Å². The molecule has 0 saturated heterocycles. The fourth-order valence-corrected chi connectivity index (χ4v) is 4.59. The lowest BCUT2D eigenvalue weighted by molar-refractivity contribution is -0.139. The van der Waals surface area contributed by atoms with Crippen LogP contribution in [0.2, 0.25) is 5.02 Å². The van der Waals surface area contributed by atoms with Crippen LogP contribution in [-0.4, -0.2) is 25.5 Å². The van der Waals surface area contributed by atoms with Gasteiger partial charge in [-0.3, -0.25) is 4.79 Å². The summed E-state index contributed by atoms with van der Waals surface area (Å²) in [4.78, 5) is 11.0. The van der Waals surface area contributed by atoms with Crippen molar-refractivity contribution in [2.75, 3.05) is 0 Å². The minimum absolute atomic E-state index is 0.0338. The normalized spacial score (nSPS) is 13.2. The summed E-state index contributed by atoms with van der Waals surface area (Å²) in [5.74, 6) is -1.20. The number of hydrogen-bond acceptors (Lipinski definition) is 3. The van der Waals surface area contributed by atoms with E-state index in [4.69, 9.17) is 16.7 Å². The molecular formula is C12H15BrClNO4S. The summed E-state index contributed by atoms with van der Waals surface area (Å²) in [6, 6.07) is 3.39. The number of rotatable bonds is 7. The van der Waals surface area contributed by atoms with Crippen molar-refractivity contribution < 1.29 is 18.3 Å². The Labute approximate surface area is 131 Å². The van der Waals surface area contributed by atoms with Gasteiger partial charge in [0.25, 0.3) is 0 Å².